The predicted octanol–water partition coefficient (Wildman–Crippen LogP) is 2.50. The van der Waals surface area contributed by atoms with Gasteiger partial charge >= 0.3 is 0 Å². The molecule has 0 saturated carbocycles. The molecule has 6 nitrogen and oxygen atoms in total. The van der Waals surface area contributed by atoms with Crippen molar-refractivity contribution < 1.29 is 9.53 Å². The molecule has 1 N–H and O–H groups in total. The first kappa shape index (κ1) is 16.5. The number of carbonyl (C=O) groups excluding carboxylic acids is 1. The lowest BCUT2D eigenvalue weighted by Gasteiger charge is -2.22. The summed E-state index contributed by atoms with van der Waals surface area (Å²) >= 11 is 3.40. The fourth-order valence-electron chi connectivity index (χ4n) is 2.01. The Morgan fingerprint density at radius 1 is 1.45 bits per heavy atom. The topological polar surface area (TPSA) is 69.0 Å². The van der Waals surface area contributed by atoms with Gasteiger partial charge in [0.2, 0.25) is 0 Å². The number of benzene rings is 1. The van der Waals surface area contributed by atoms with Gasteiger partial charge in [-0.25, -0.2) is 0 Å². The molecule has 0 radical (unpaired) electrons. The number of carbonyl (C=O) groups is 1. The normalized spacial score (nSPS) is 12.2. The molecule has 1 unspecified atom stereocenters. The van der Waals surface area contributed by atoms with Crippen molar-refractivity contribution in [1.82, 2.24) is 20.3 Å². The number of aromatic nitrogens is 3. The number of methoxy groups -OCH3 is 1. The SMILES string of the molecule is COc1ccc(Br)c(C(=O)NC(Cn2ccnn2)C(C)C)c1. The van der Waals surface area contributed by atoms with Gasteiger partial charge in [-0.2, -0.15) is 0 Å². The van der Waals surface area contributed by atoms with Gasteiger partial charge in [0.05, 0.1) is 31.5 Å². The quantitative estimate of drug-likeness (QED) is 0.852. The molecule has 0 fully saturated rings. The van der Waals surface area contributed by atoms with E-state index in [1.54, 1.807) is 42.4 Å². The number of nitrogens with one attached hydrogen (secondary N) is 1. The molecule has 22 heavy (non-hydrogen) atoms. The Bertz CT molecular complexity index is 628. The van der Waals surface area contributed by atoms with E-state index in [-0.39, 0.29) is 17.9 Å². The lowest BCUT2D eigenvalue weighted by atomic mass is 10.0. The predicted molar refractivity (Wildman–Crippen MR) is 86.8 cm³/mol. The molecule has 0 aliphatic rings. The smallest absolute Gasteiger partial charge is 0.252 e. The van der Waals surface area contributed by atoms with Gasteiger partial charge in [0.1, 0.15) is 5.75 Å². The number of ether oxygens (including phenoxy) is 1. The number of rotatable bonds is 6. The van der Waals surface area contributed by atoms with Crippen molar-refractivity contribution in [2.24, 2.45) is 5.92 Å². The fourth-order valence-corrected chi connectivity index (χ4v) is 2.43. The third kappa shape index (κ3) is 4.07. The van der Waals surface area contributed by atoms with Crippen LogP contribution in [-0.4, -0.2) is 34.1 Å². The molecule has 2 aromatic rings. The van der Waals surface area contributed by atoms with Gasteiger partial charge in [0.25, 0.3) is 5.91 Å². The van der Waals surface area contributed by atoms with Crippen LogP contribution in [0.3, 0.4) is 0 Å². The van der Waals surface area contributed by atoms with Crippen molar-refractivity contribution in [3.63, 3.8) is 0 Å². The average Bonchev–Trinajstić information content (AvgIpc) is 2.99. The van der Waals surface area contributed by atoms with Crippen molar-refractivity contribution in [2.45, 2.75) is 26.4 Å². The second kappa shape index (κ2) is 7.40. The van der Waals surface area contributed by atoms with Gasteiger partial charge in [-0.05, 0) is 40.0 Å². The number of hydrogen-bond acceptors (Lipinski definition) is 4. The van der Waals surface area contributed by atoms with Gasteiger partial charge < -0.3 is 10.1 Å². The molecule has 0 aliphatic heterocycles. The summed E-state index contributed by atoms with van der Waals surface area (Å²) < 4.78 is 7.62. The van der Waals surface area contributed by atoms with E-state index < -0.39 is 0 Å². The zero-order chi connectivity index (χ0) is 16.1. The van der Waals surface area contributed by atoms with Crippen LogP contribution in [0.5, 0.6) is 5.75 Å². The lowest BCUT2D eigenvalue weighted by molar-refractivity contribution is 0.0918. The Kier molecular flexibility index (Phi) is 5.54. The molecule has 1 heterocycles. The van der Waals surface area contributed by atoms with Gasteiger partial charge in [0, 0.05) is 10.7 Å². The molecule has 1 amide bonds. The van der Waals surface area contributed by atoms with Crippen LogP contribution in [0.2, 0.25) is 0 Å². The van der Waals surface area contributed by atoms with Crippen LogP contribution in [0, 0.1) is 5.92 Å². The molecule has 118 valence electrons. The highest BCUT2D eigenvalue weighted by Gasteiger charge is 2.20. The zero-order valence-electron chi connectivity index (χ0n) is 12.8. The molecule has 2 rings (SSSR count). The summed E-state index contributed by atoms with van der Waals surface area (Å²) in [5.74, 6) is 0.757. The molecule has 0 saturated heterocycles. The number of nitrogens with zero attached hydrogens (tertiary/aromatic N) is 3. The van der Waals surface area contributed by atoms with Crippen molar-refractivity contribution in [2.75, 3.05) is 7.11 Å². The summed E-state index contributed by atoms with van der Waals surface area (Å²) in [6.45, 7) is 4.69. The van der Waals surface area contributed by atoms with E-state index in [0.717, 1.165) is 4.47 Å². The summed E-state index contributed by atoms with van der Waals surface area (Å²) in [4.78, 5) is 12.5. The van der Waals surface area contributed by atoms with Gasteiger partial charge in [0.15, 0.2) is 0 Å². The first-order chi connectivity index (χ1) is 10.5. The van der Waals surface area contributed by atoms with Crippen LogP contribution < -0.4 is 10.1 Å². The monoisotopic (exact) mass is 366 g/mol. The Labute approximate surface area is 138 Å². The number of amides is 1. The molecule has 1 atom stereocenters. The zero-order valence-corrected chi connectivity index (χ0v) is 14.4. The van der Waals surface area contributed by atoms with E-state index in [1.807, 2.05) is 0 Å². The maximum Gasteiger partial charge on any atom is 0.252 e. The molecule has 0 bridgehead atoms. The molecule has 0 spiro atoms. The Hall–Kier alpha value is -1.89. The Morgan fingerprint density at radius 2 is 2.23 bits per heavy atom. The summed E-state index contributed by atoms with van der Waals surface area (Å²) in [5, 5.41) is 10.8. The third-order valence-corrected chi connectivity index (χ3v) is 4.09. The highest BCUT2D eigenvalue weighted by Crippen LogP contribution is 2.22. The van der Waals surface area contributed by atoms with Crippen LogP contribution in [0.15, 0.2) is 35.1 Å². The second-order valence-corrected chi connectivity index (χ2v) is 6.15. The summed E-state index contributed by atoms with van der Waals surface area (Å²) in [6, 6.07) is 5.27. The van der Waals surface area contributed by atoms with E-state index in [4.69, 9.17) is 4.74 Å². The molecular formula is C15H19BrN4O2. The third-order valence-electron chi connectivity index (χ3n) is 3.40. The Morgan fingerprint density at radius 3 is 2.82 bits per heavy atom. The van der Waals surface area contributed by atoms with E-state index in [0.29, 0.717) is 17.9 Å². The van der Waals surface area contributed by atoms with E-state index >= 15 is 0 Å². The highest BCUT2D eigenvalue weighted by atomic mass is 79.9. The summed E-state index contributed by atoms with van der Waals surface area (Å²) in [7, 11) is 1.58. The molecular weight excluding hydrogens is 348 g/mol. The Balaban J connectivity index is 2.14. The van der Waals surface area contributed by atoms with Gasteiger partial charge in [-0.1, -0.05) is 19.1 Å². The minimum atomic E-state index is -0.149. The maximum atomic E-state index is 12.5. The standard InChI is InChI=1S/C15H19BrN4O2/c1-10(2)14(9-20-7-6-17-19-20)18-15(21)12-8-11(22-3)4-5-13(12)16/h4-8,10,14H,9H2,1-3H3,(H,18,21). The van der Waals surface area contributed by atoms with E-state index in [9.17, 15) is 4.79 Å². The molecule has 0 aliphatic carbocycles. The van der Waals surface area contributed by atoms with Crippen molar-refractivity contribution >= 4 is 21.8 Å². The van der Waals surface area contributed by atoms with Crippen LogP contribution in [-0.2, 0) is 6.54 Å². The minimum Gasteiger partial charge on any atom is -0.497 e. The van der Waals surface area contributed by atoms with Crippen molar-refractivity contribution in [3.05, 3.63) is 40.6 Å². The average molecular weight is 367 g/mol. The van der Waals surface area contributed by atoms with Crippen LogP contribution in [0.1, 0.15) is 24.2 Å². The van der Waals surface area contributed by atoms with Crippen LogP contribution in [0.25, 0.3) is 0 Å². The van der Waals surface area contributed by atoms with E-state index in [1.165, 1.54) is 0 Å². The van der Waals surface area contributed by atoms with Crippen LogP contribution >= 0.6 is 15.9 Å². The lowest BCUT2D eigenvalue weighted by Crippen LogP contribution is -2.41. The first-order valence-corrected chi connectivity index (χ1v) is 7.79. The molecule has 7 heteroatoms. The van der Waals surface area contributed by atoms with Gasteiger partial charge in [-0.15, -0.1) is 5.10 Å². The highest BCUT2D eigenvalue weighted by molar-refractivity contribution is 9.10. The van der Waals surface area contributed by atoms with Crippen molar-refractivity contribution in [3.8, 4) is 5.75 Å². The largest absolute Gasteiger partial charge is 0.497 e. The second-order valence-electron chi connectivity index (χ2n) is 5.29. The molecule has 1 aromatic heterocycles. The summed E-state index contributed by atoms with van der Waals surface area (Å²) in [5.41, 5.74) is 0.545. The number of hydrogen-bond donors (Lipinski definition) is 1. The number of halogens is 1. The minimum absolute atomic E-state index is 0.0488. The van der Waals surface area contributed by atoms with Gasteiger partial charge in [-0.3, -0.25) is 9.48 Å². The first-order valence-electron chi connectivity index (χ1n) is 6.99. The van der Waals surface area contributed by atoms with E-state index in [2.05, 4.69) is 45.4 Å². The van der Waals surface area contributed by atoms with Crippen LogP contribution in [0.4, 0.5) is 0 Å². The maximum absolute atomic E-state index is 12.5. The molecule has 1 aromatic carbocycles. The fraction of sp³-hybridized carbons (Fsp3) is 0.400. The van der Waals surface area contributed by atoms with Crippen molar-refractivity contribution in [1.29, 1.82) is 0 Å². The summed E-state index contributed by atoms with van der Waals surface area (Å²) in [6.07, 6.45) is 3.40.